The van der Waals surface area contributed by atoms with Gasteiger partial charge in [-0.1, -0.05) is 30.4 Å². The van der Waals surface area contributed by atoms with Crippen LogP contribution in [-0.2, 0) is 4.79 Å². The molecule has 0 fully saturated rings. The number of fused-ring (bicyclic) bond motifs is 1. The molecule has 0 aromatic carbocycles. The SMILES string of the molecule is NNC(=O)C1=CC=CC2CC=CC=C12. The van der Waals surface area contributed by atoms with Crippen molar-refractivity contribution >= 4 is 5.91 Å². The van der Waals surface area contributed by atoms with Crippen molar-refractivity contribution in [3.05, 3.63) is 47.6 Å². The summed E-state index contributed by atoms with van der Waals surface area (Å²) < 4.78 is 0. The molecule has 1 amide bonds. The zero-order valence-corrected chi connectivity index (χ0v) is 7.73. The van der Waals surface area contributed by atoms with Crippen LogP contribution in [0.4, 0.5) is 0 Å². The Balaban J connectivity index is 2.36. The lowest BCUT2D eigenvalue weighted by atomic mass is 9.83. The van der Waals surface area contributed by atoms with E-state index in [2.05, 4.69) is 17.6 Å². The summed E-state index contributed by atoms with van der Waals surface area (Å²) in [6.45, 7) is 0. The largest absolute Gasteiger partial charge is 0.290 e. The van der Waals surface area contributed by atoms with Crippen LogP contribution in [0.15, 0.2) is 47.6 Å². The van der Waals surface area contributed by atoms with E-state index >= 15 is 0 Å². The minimum absolute atomic E-state index is 0.221. The Hall–Kier alpha value is -1.61. The zero-order valence-electron chi connectivity index (χ0n) is 7.73. The minimum Gasteiger partial charge on any atom is -0.290 e. The molecule has 1 atom stereocenters. The number of hydrogen-bond acceptors (Lipinski definition) is 2. The summed E-state index contributed by atoms with van der Waals surface area (Å²) >= 11 is 0. The zero-order chi connectivity index (χ0) is 9.97. The van der Waals surface area contributed by atoms with E-state index in [1.165, 1.54) is 0 Å². The number of hydrogen-bond donors (Lipinski definition) is 2. The fraction of sp³-hybridized carbons (Fsp3) is 0.182. The maximum absolute atomic E-state index is 11.4. The Labute approximate surface area is 82.6 Å². The minimum atomic E-state index is -0.221. The highest BCUT2D eigenvalue weighted by atomic mass is 16.2. The van der Waals surface area contributed by atoms with Gasteiger partial charge in [0.2, 0.25) is 0 Å². The molecule has 0 aliphatic heterocycles. The average Bonchev–Trinajstić information content (AvgIpc) is 2.27. The normalized spacial score (nSPS) is 23.6. The Bertz CT molecular complexity index is 375. The van der Waals surface area contributed by atoms with Crippen molar-refractivity contribution in [2.24, 2.45) is 11.8 Å². The van der Waals surface area contributed by atoms with Crippen molar-refractivity contribution in [1.82, 2.24) is 5.43 Å². The predicted octanol–water partition coefficient (Wildman–Crippen LogP) is 0.975. The fourth-order valence-corrected chi connectivity index (χ4v) is 1.79. The quantitative estimate of drug-likeness (QED) is 0.366. The smallest absolute Gasteiger partial charge is 0.265 e. The van der Waals surface area contributed by atoms with Gasteiger partial charge in [-0.05, 0) is 18.1 Å². The van der Waals surface area contributed by atoms with Gasteiger partial charge < -0.3 is 0 Å². The number of amides is 1. The average molecular weight is 188 g/mol. The first-order chi connectivity index (χ1) is 6.83. The molecule has 0 saturated heterocycles. The van der Waals surface area contributed by atoms with Crippen LogP contribution in [0.2, 0.25) is 0 Å². The molecule has 0 spiro atoms. The molecule has 0 bridgehead atoms. The highest BCUT2D eigenvalue weighted by molar-refractivity contribution is 5.98. The second kappa shape index (κ2) is 3.64. The molecular formula is C11H12N2O. The molecule has 0 heterocycles. The Morgan fingerprint density at radius 2 is 2.29 bits per heavy atom. The summed E-state index contributed by atoms with van der Waals surface area (Å²) in [7, 11) is 0. The molecular weight excluding hydrogens is 176 g/mol. The maximum atomic E-state index is 11.4. The molecule has 3 heteroatoms. The lowest BCUT2D eigenvalue weighted by Gasteiger charge is -2.22. The molecule has 14 heavy (non-hydrogen) atoms. The molecule has 0 radical (unpaired) electrons. The Morgan fingerprint density at radius 3 is 3.07 bits per heavy atom. The maximum Gasteiger partial charge on any atom is 0.265 e. The molecule has 3 nitrogen and oxygen atoms in total. The first-order valence-electron chi connectivity index (χ1n) is 4.59. The van der Waals surface area contributed by atoms with E-state index in [4.69, 9.17) is 5.84 Å². The van der Waals surface area contributed by atoms with Crippen molar-refractivity contribution in [2.75, 3.05) is 0 Å². The van der Waals surface area contributed by atoms with Gasteiger partial charge in [0.15, 0.2) is 0 Å². The van der Waals surface area contributed by atoms with Gasteiger partial charge in [-0.25, -0.2) is 5.84 Å². The molecule has 0 aromatic heterocycles. The number of nitrogens with one attached hydrogen (secondary N) is 1. The fourth-order valence-electron chi connectivity index (χ4n) is 1.79. The van der Waals surface area contributed by atoms with Crippen LogP contribution in [0.25, 0.3) is 0 Å². The second-order valence-corrected chi connectivity index (χ2v) is 3.33. The molecule has 3 N–H and O–H groups in total. The van der Waals surface area contributed by atoms with Crippen molar-refractivity contribution < 1.29 is 4.79 Å². The third kappa shape index (κ3) is 1.42. The molecule has 2 aliphatic rings. The Kier molecular flexibility index (Phi) is 2.33. The van der Waals surface area contributed by atoms with Gasteiger partial charge in [0.25, 0.3) is 5.91 Å². The summed E-state index contributed by atoms with van der Waals surface area (Å²) in [5.74, 6) is 5.22. The third-order valence-electron chi connectivity index (χ3n) is 2.49. The van der Waals surface area contributed by atoms with Gasteiger partial charge in [-0.2, -0.15) is 0 Å². The number of rotatable bonds is 1. The van der Waals surface area contributed by atoms with Gasteiger partial charge in [-0.3, -0.25) is 10.2 Å². The topological polar surface area (TPSA) is 55.1 Å². The van der Waals surface area contributed by atoms with Crippen molar-refractivity contribution in [3.63, 3.8) is 0 Å². The van der Waals surface area contributed by atoms with E-state index in [0.29, 0.717) is 11.5 Å². The molecule has 1 unspecified atom stereocenters. The first kappa shape index (κ1) is 8.97. The summed E-state index contributed by atoms with van der Waals surface area (Å²) in [4.78, 5) is 11.4. The van der Waals surface area contributed by atoms with E-state index in [1.54, 1.807) is 6.08 Å². The van der Waals surface area contributed by atoms with Crippen LogP contribution < -0.4 is 11.3 Å². The molecule has 72 valence electrons. The van der Waals surface area contributed by atoms with Crippen LogP contribution in [-0.4, -0.2) is 5.91 Å². The summed E-state index contributed by atoms with van der Waals surface area (Å²) in [5, 5.41) is 0. The number of hydrazine groups is 1. The molecule has 0 aromatic rings. The number of carbonyl (C=O) groups is 1. The van der Waals surface area contributed by atoms with E-state index < -0.39 is 0 Å². The first-order valence-corrected chi connectivity index (χ1v) is 4.59. The Morgan fingerprint density at radius 1 is 1.43 bits per heavy atom. The van der Waals surface area contributed by atoms with E-state index in [-0.39, 0.29) is 5.91 Å². The number of allylic oxidation sites excluding steroid dienone is 6. The van der Waals surface area contributed by atoms with Gasteiger partial charge in [0.05, 0.1) is 0 Å². The lowest BCUT2D eigenvalue weighted by molar-refractivity contribution is -0.117. The van der Waals surface area contributed by atoms with Gasteiger partial charge in [0, 0.05) is 11.5 Å². The second-order valence-electron chi connectivity index (χ2n) is 3.33. The van der Waals surface area contributed by atoms with Gasteiger partial charge >= 0.3 is 0 Å². The summed E-state index contributed by atoms with van der Waals surface area (Å²) in [5.41, 5.74) is 3.89. The monoisotopic (exact) mass is 188 g/mol. The van der Waals surface area contributed by atoms with Crippen LogP contribution in [0, 0.1) is 5.92 Å². The molecule has 2 aliphatic carbocycles. The third-order valence-corrected chi connectivity index (χ3v) is 2.49. The van der Waals surface area contributed by atoms with Gasteiger partial charge in [-0.15, -0.1) is 0 Å². The number of carbonyl (C=O) groups excluding carboxylic acids is 1. The van der Waals surface area contributed by atoms with Crippen LogP contribution in [0.1, 0.15) is 6.42 Å². The van der Waals surface area contributed by atoms with E-state index in [0.717, 1.165) is 12.0 Å². The molecule has 2 rings (SSSR count). The highest BCUT2D eigenvalue weighted by Gasteiger charge is 2.22. The van der Waals surface area contributed by atoms with E-state index in [9.17, 15) is 4.79 Å². The van der Waals surface area contributed by atoms with Crippen molar-refractivity contribution in [2.45, 2.75) is 6.42 Å². The van der Waals surface area contributed by atoms with Gasteiger partial charge in [0.1, 0.15) is 0 Å². The van der Waals surface area contributed by atoms with Crippen molar-refractivity contribution in [3.8, 4) is 0 Å². The van der Waals surface area contributed by atoms with Crippen LogP contribution in [0.3, 0.4) is 0 Å². The predicted molar refractivity (Wildman–Crippen MR) is 54.9 cm³/mol. The number of nitrogens with two attached hydrogens (primary N) is 1. The van der Waals surface area contributed by atoms with Crippen molar-refractivity contribution in [1.29, 1.82) is 0 Å². The molecule has 0 saturated carbocycles. The lowest BCUT2D eigenvalue weighted by Crippen LogP contribution is -2.33. The van der Waals surface area contributed by atoms with Crippen LogP contribution in [0.5, 0.6) is 0 Å². The highest BCUT2D eigenvalue weighted by Crippen LogP contribution is 2.30. The van der Waals surface area contributed by atoms with E-state index in [1.807, 2.05) is 18.2 Å². The standard InChI is InChI=1S/C11H12N2O/c12-13-11(14)10-7-3-5-8-4-1-2-6-9(8)10/h1-3,5-8H,4,12H2,(H,13,14). The summed E-state index contributed by atoms with van der Waals surface area (Å²) in [6.07, 6.45) is 12.8. The summed E-state index contributed by atoms with van der Waals surface area (Å²) in [6, 6.07) is 0. The van der Waals surface area contributed by atoms with Crippen LogP contribution >= 0.6 is 0 Å².